The molecule has 7 nitrogen and oxygen atoms in total. The molecule has 2 amide bonds. The van der Waals surface area contributed by atoms with E-state index in [9.17, 15) is 18.0 Å². The molecule has 0 fully saturated rings. The van der Waals surface area contributed by atoms with Crippen molar-refractivity contribution in [3.63, 3.8) is 0 Å². The van der Waals surface area contributed by atoms with Gasteiger partial charge in [-0.25, -0.2) is 8.42 Å². The van der Waals surface area contributed by atoms with Crippen LogP contribution in [0.4, 0.5) is 5.69 Å². The van der Waals surface area contributed by atoms with E-state index in [1.54, 1.807) is 30.0 Å². The van der Waals surface area contributed by atoms with E-state index in [4.69, 9.17) is 11.6 Å². The molecule has 198 valence electrons. The number of anilines is 1. The second kappa shape index (κ2) is 14.2. The highest BCUT2D eigenvalue weighted by atomic mass is 35.5. The Bertz CT molecular complexity index is 1110. The van der Waals surface area contributed by atoms with Crippen molar-refractivity contribution in [3.05, 3.63) is 64.7 Å². The Morgan fingerprint density at radius 3 is 2.39 bits per heavy atom. The Hall–Kier alpha value is -2.58. The third-order valence-electron chi connectivity index (χ3n) is 6.07. The number of halogens is 1. The van der Waals surface area contributed by atoms with Gasteiger partial charge in [0.15, 0.2) is 0 Å². The molecule has 36 heavy (non-hydrogen) atoms. The van der Waals surface area contributed by atoms with E-state index in [0.717, 1.165) is 30.2 Å². The van der Waals surface area contributed by atoms with Crippen molar-refractivity contribution in [1.82, 2.24) is 10.2 Å². The SMILES string of the molecule is CCCCNC(=O)[C@H](C)N(CCc1ccccc1)C(=O)CCCN(c1cc(Cl)ccc1C)S(C)(=O)=O. The van der Waals surface area contributed by atoms with Gasteiger partial charge in [0.05, 0.1) is 11.9 Å². The standard InChI is InChI=1S/C27H38ClN3O4S/c1-5-6-17-29-27(33)22(3)30(19-16-23-11-8-7-9-12-23)26(32)13-10-18-31(36(4,34)35)25-20-24(28)15-14-21(25)2/h7-9,11-12,14-15,20,22H,5-6,10,13,16-19H2,1-4H3,(H,29,33)/t22-/m0/s1. The highest BCUT2D eigenvalue weighted by Gasteiger charge is 2.26. The molecule has 0 aliphatic rings. The molecule has 0 saturated carbocycles. The number of rotatable bonds is 14. The van der Waals surface area contributed by atoms with Crippen LogP contribution in [0.5, 0.6) is 0 Å². The molecule has 1 atom stereocenters. The minimum Gasteiger partial charge on any atom is -0.354 e. The van der Waals surface area contributed by atoms with Gasteiger partial charge < -0.3 is 10.2 Å². The van der Waals surface area contributed by atoms with E-state index >= 15 is 0 Å². The van der Waals surface area contributed by atoms with Crippen LogP contribution in [-0.2, 0) is 26.0 Å². The normalized spacial score (nSPS) is 12.1. The number of nitrogens with one attached hydrogen (secondary N) is 1. The molecule has 9 heteroatoms. The van der Waals surface area contributed by atoms with Gasteiger partial charge >= 0.3 is 0 Å². The van der Waals surface area contributed by atoms with E-state index in [2.05, 4.69) is 12.2 Å². The van der Waals surface area contributed by atoms with Gasteiger partial charge in [0.2, 0.25) is 21.8 Å². The minimum atomic E-state index is -3.58. The zero-order valence-corrected chi connectivity index (χ0v) is 23.2. The van der Waals surface area contributed by atoms with Gasteiger partial charge in [0.1, 0.15) is 6.04 Å². The Morgan fingerprint density at radius 2 is 1.75 bits per heavy atom. The van der Waals surface area contributed by atoms with Crippen LogP contribution in [-0.4, -0.2) is 57.1 Å². The highest BCUT2D eigenvalue weighted by molar-refractivity contribution is 7.92. The van der Waals surface area contributed by atoms with Crippen LogP contribution in [0.15, 0.2) is 48.5 Å². The van der Waals surface area contributed by atoms with Gasteiger partial charge in [0.25, 0.3) is 0 Å². The molecular formula is C27H38ClN3O4S. The largest absolute Gasteiger partial charge is 0.354 e. The first kappa shape index (κ1) is 29.6. The predicted octanol–water partition coefficient (Wildman–Crippen LogP) is 4.57. The third kappa shape index (κ3) is 9.13. The number of nitrogens with zero attached hydrogens (tertiary/aromatic N) is 2. The van der Waals surface area contributed by atoms with Gasteiger partial charge in [-0.1, -0.05) is 61.3 Å². The first-order valence-electron chi connectivity index (χ1n) is 12.4. The Morgan fingerprint density at radius 1 is 1.06 bits per heavy atom. The van der Waals surface area contributed by atoms with Crippen molar-refractivity contribution in [2.75, 3.05) is 30.2 Å². The predicted molar refractivity (Wildman–Crippen MR) is 147 cm³/mol. The molecule has 1 N–H and O–H groups in total. The van der Waals surface area contributed by atoms with E-state index in [0.29, 0.717) is 36.6 Å². The Kier molecular flexibility index (Phi) is 11.7. The van der Waals surface area contributed by atoms with Gasteiger partial charge in [-0.05, 0) is 56.4 Å². The molecule has 0 spiro atoms. The summed E-state index contributed by atoms with van der Waals surface area (Å²) in [5.41, 5.74) is 2.36. The summed E-state index contributed by atoms with van der Waals surface area (Å²) in [4.78, 5) is 27.6. The molecule has 0 aliphatic carbocycles. The van der Waals surface area contributed by atoms with Gasteiger partial charge in [0, 0.05) is 31.1 Å². The van der Waals surface area contributed by atoms with Crippen LogP contribution in [0, 0.1) is 6.92 Å². The number of amides is 2. The molecule has 2 aromatic carbocycles. The average molecular weight is 536 g/mol. The number of aryl methyl sites for hydroxylation is 1. The fraction of sp³-hybridized carbons (Fsp3) is 0.481. The first-order valence-corrected chi connectivity index (χ1v) is 14.6. The molecule has 0 aromatic heterocycles. The lowest BCUT2D eigenvalue weighted by Crippen LogP contribution is -2.49. The molecule has 0 heterocycles. The summed E-state index contributed by atoms with van der Waals surface area (Å²) in [5, 5.41) is 3.35. The summed E-state index contributed by atoms with van der Waals surface area (Å²) in [5.74, 6) is -0.363. The van der Waals surface area contributed by atoms with Crippen LogP contribution in [0.3, 0.4) is 0 Å². The van der Waals surface area contributed by atoms with Crippen molar-refractivity contribution in [2.24, 2.45) is 0 Å². The zero-order chi connectivity index (χ0) is 26.7. The fourth-order valence-electron chi connectivity index (χ4n) is 3.94. The maximum absolute atomic E-state index is 13.3. The summed E-state index contributed by atoms with van der Waals surface area (Å²) in [6, 6.07) is 14.3. The number of unbranched alkanes of at least 4 members (excludes halogenated alkanes) is 1. The number of carbonyl (C=O) groups excluding carboxylic acids is 2. The number of benzene rings is 2. The topological polar surface area (TPSA) is 86.8 Å². The van der Waals surface area contributed by atoms with Gasteiger partial charge in [-0.15, -0.1) is 0 Å². The first-order chi connectivity index (χ1) is 17.0. The van der Waals surface area contributed by atoms with Gasteiger partial charge in [-0.2, -0.15) is 0 Å². The summed E-state index contributed by atoms with van der Waals surface area (Å²) in [6.07, 6.45) is 4.03. The van der Waals surface area contributed by atoms with Crippen molar-refractivity contribution in [3.8, 4) is 0 Å². The van der Waals surface area contributed by atoms with E-state index < -0.39 is 16.1 Å². The Balaban J connectivity index is 2.12. The fourth-order valence-corrected chi connectivity index (χ4v) is 5.12. The molecule has 2 aromatic rings. The second-order valence-corrected chi connectivity index (χ2v) is 11.4. The van der Waals surface area contributed by atoms with Crippen molar-refractivity contribution in [2.45, 2.75) is 58.9 Å². The van der Waals surface area contributed by atoms with Crippen LogP contribution >= 0.6 is 11.6 Å². The van der Waals surface area contributed by atoms with Crippen LogP contribution < -0.4 is 9.62 Å². The molecule has 0 unspecified atom stereocenters. The quantitative estimate of drug-likeness (QED) is 0.359. The Labute approximate surface area is 220 Å². The summed E-state index contributed by atoms with van der Waals surface area (Å²) in [6.45, 7) is 6.71. The lowest BCUT2D eigenvalue weighted by molar-refractivity contribution is -0.139. The van der Waals surface area contributed by atoms with Crippen LogP contribution in [0.1, 0.15) is 50.7 Å². The number of hydrogen-bond donors (Lipinski definition) is 1. The minimum absolute atomic E-state index is 0.118. The maximum atomic E-state index is 13.3. The molecule has 0 bridgehead atoms. The van der Waals surface area contributed by atoms with E-state index in [1.807, 2.05) is 37.3 Å². The number of sulfonamides is 1. The molecule has 2 rings (SSSR count). The number of carbonyl (C=O) groups is 2. The second-order valence-electron chi connectivity index (χ2n) is 9.01. The molecule has 0 aliphatic heterocycles. The highest BCUT2D eigenvalue weighted by Crippen LogP contribution is 2.26. The summed E-state index contributed by atoms with van der Waals surface area (Å²) < 4.78 is 26.3. The lowest BCUT2D eigenvalue weighted by Gasteiger charge is -2.29. The van der Waals surface area contributed by atoms with Crippen molar-refractivity contribution < 1.29 is 18.0 Å². The van der Waals surface area contributed by atoms with Crippen molar-refractivity contribution in [1.29, 1.82) is 0 Å². The lowest BCUT2D eigenvalue weighted by atomic mass is 10.1. The van der Waals surface area contributed by atoms with E-state index in [1.165, 1.54) is 4.31 Å². The molecule has 0 saturated heterocycles. The van der Waals surface area contributed by atoms with E-state index in [-0.39, 0.29) is 24.8 Å². The average Bonchev–Trinajstić information content (AvgIpc) is 2.83. The maximum Gasteiger partial charge on any atom is 0.242 e. The molecule has 0 radical (unpaired) electrons. The zero-order valence-electron chi connectivity index (χ0n) is 21.7. The van der Waals surface area contributed by atoms with Crippen LogP contribution in [0.2, 0.25) is 5.02 Å². The van der Waals surface area contributed by atoms with Crippen LogP contribution in [0.25, 0.3) is 0 Å². The number of hydrogen-bond acceptors (Lipinski definition) is 4. The monoisotopic (exact) mass is 535 g/mol. The molecular weight excluding hydrogens is 498 g/mol. The summed E-state index contributed by atoms with van der Waals surface area (Å²) >= 11 is 6.11. The van der Waals surface area contributed by atoms with Gasteiger partial charge in [-0.3, -0.25) is 13.9 Å². The smallest absolute Gasteiger partial charge is 0.242 e. The van der Waals surface area contributed by atoms with Crippen molar-refractivity contribution >= 4 is 39.1 Å². The third-order valence-corrected chi connectivity index (χ3v) is 7.49. The summed E-state index contributed by atoms with van der Waals surface area (Å²) in [7, 11) is -3.58.